The lowest BCUT2D eigenvalue weighted by atomic mass is 9.88. The van der Waals surface area contributed by atoms with Gasteiger partial charge < -0.3 is 25.2 Å². The summed E-state index contributed by atoms with van der Waals surface area (Å²) in [4.78, 5) is 38.9. The molecule has 186 valence electrons. The van der Waals surface area contributed by atoms with Crippen molar-refractivity contribution in [2.75, 3.05) is 19.8 Å². The van der Waals surface area contributed by atoms with Gasteiger partial charge in [-0.05, 0) is 54.9 Å². The Balaban J connectivity index is 1.46. The van der Waals surface area contributed by atoms with E-state index in [2.05, 4.69) is 5.32 Å². The highest BCUT2D eigenvalue weighted by molar-refractivity contribution is 5.87. The first kappa shape index (κ1) is 24.7. The van der Waals surface area contributed by atoms with Gasteiger partial charge in [-0.3, -0.25) is 9.59 Å². The van der Waals surface area contributed by atoms with Gasteiger partial charge in [0.2, 0.25) is 5.91 Å². The van der Waals surface area contributed by atoms with Gasteiger partial charge in [-0.25, -0.2) is 4.79 Å². The lowest BCUT2D eigenvalue weighted by Gasteiger charge is -2.45. The summed E-state index contributed by atoms with van der Waals surface area (Å²) < 4.78 is 5.58. The van der Waals surface area contributed by atoms with E-state index in [0.717, 1.165) is 35.1 Å². The number of alkyl carbamates (subject to hydrolysis) is 1. The molecule has 0 spiro atoms. The molecule has 8 heteroatoms. The molecule has 35 heavy (non-hydrogen) atoms. The van der Waals surface area contributed by atoms with E-state index in [4.69, 9.17) is 9.84 Å². The van der Waals surface area contributed by atoms with Gasteiger partial charge in [-0.2, -0.15) is 0 Å². The molecule has 2 amide bonds. The van der Waals surface area contributed by atoms with Crippen molar-refractivity contribution in [3.8, 4) is 11.1 Å². The molecule has 1 saturated heterocycles. The molecule has 1 fully saturated rings. The van der Waals surface area contributed by atoms with Crippen LogP contribution in [0, 0.1) is 0 Å². The fourth-order valence-electron chi connectivity index (χ4n) is 5.22. The normalized spacial score (nSPS) is 20.0. The molecule has 0 bridgehead atoms. The Hall–Kier alpha value is -3.39. The van der Waals surface area contributed by atoms with E-state index < -0.39 is 29.6 Å². The third kappa shape index (κ3) is 5.17. The van der Waals surface area contributed by atoms with Crippen LogP contribution in [0.4, 0.5) is 4.79 Å². The fraction of sp³-hybridized carbons (Fsp3) is 0.444. The lowest BCUT2D eigenvalue weighted by molar-refractivity contribution is -0.144. The fourth-order valence-corrected chi connectivity index (χ4v) is 5.22. The third-order valence-corrected chi connectivity index (χ3v) is 7.19. The Labute approximate surface area is 204 Å². The maximum absolute atomic E-state index is 13.4. The first-order valence-electron chi connectivity index (χ1n) is 12.1. The Morgan fingerprint density at radius 1 is 1.09 bits per heavy atom. The molecule has 2 atom stereocenters. The van der Waals surface area contributed by atoms with E-state index in [1.165, 1.54) is 0 Å². The van der Waals surface area contributed by atoms with Crippen LogP contribution < -0.4 is 5.32 Å². The lowest BCUT2D eigenvalue weighted by Crippen LogP contribution is -2.60. The standard InChI is InChI=1S/C27H32N2O6/c1-27(17-30)14-6-7-15-29(27)25(33)23(12-13-24(31)32)28-26(34)35-16-22-20-10-4-2-8-18(20)19-9-3-5-11-21(19)22/h2-5,8-11,22-23,30H,6-7,12-17H2,1H3,(H,28,34)(H,31,32). The number of likely N-dealkylation sites (tertiary alicyclic amines) is 1. The number of nitrogens with zero attached hydrogens (tertiary/aromatic N) is 1. The Morgan fingerprint density at radius 2 is 1.71 bits per heavy atom. The molecule has 1 aliphatic heterocycles. The summed E-state index contributed by atoms with van der Waals surface area (Å²) in [7, 11) is 0. The number of aliphatic hydroxyl groups is 1. The molecule has 2 unspecified atom stereocenters. The van der Waals surface area contributed by atoms with Gasteiger partial charge in [0.05, 0.1) is 12.1 Å². The van der Waals surface area contributed by atoms with Gasteiger partial charge in [0, 0.05) is 18.9 Å². The zero-order chi connectivity index (χ0) is 25.0. The van der Waals surface area contributed by atoms with Crippen molar-refractivity contribution in [1.29, 1.82) is 0 Å². The summed E-state index contributed by atoms with van der Waals surface area (Å²) in [5.74, 6) is -1.57. The van der Waals surface area contributed by atoms with Crippen LogP contribution >= 0.6 is 0 Å². The van der Waals surface area contributed by atoms with Crippen molar-refractivity contribution in [2.45, 2.75) is 56.5 Å². The number of hydrogen-bond acceptors (Lipinski definition) is 5. The summed E-state index contributed by atoms with van der Waals surface area (Å²) >= 11 is 0. The summed E-state index contributed by atoms with van der Waals surface area (Å²) in [5.41, 5.74) is 3.64. The number of amides is 2. The maximum Gasteiger partial charge on any atom is 0.407 e. The number of benzene rings is 2. The Kier molecular flexibility index (Phi) is 7.40. The number of carbonyl (C=O) groups is 3. The SMILES string of the molecule is CC1(CO)CCCCN1C(=O)C(CCC(=O)O)NC(=O)OCC1c2ccccc2-c2ccccc21. The number of nitrogens with one attached hydrogen (secondary N) is 1. The van der Waals surface area contributed by atoms with E-state index in [1.54, 1.807) is 4.90 Å². The quantitative estimate of drug-likeness (QED) is 0.532. The van der Waals surface area contributed by atoms with Crippen LogP contribution in [0.3, 0.4) is 0 Å². The molecule has 4 rings (SSSR count). The second kappa shape index (κ2) is 10.5. The minimum Gasteiger partial charge on any atom is -0.481 e. The number of carboxylic acids is 1. The van der Waals surface area contributed by atoms with Crippen molar-refractivity contribution in [2.24, 2.45) is 0 Å². The Morgan fingerprint density at radius 3 is 2.31 bits per heavy atom. The van der Waals surface area contributed by atoms with E-state index >= 15 is 0 Å². The highest BCUT2D eigenvalue weighted by Crippen LogP contribution is 2.44. The molecule has 3 N–H and O–H groups in total. The van der Waals surface area contributed by atoms with Crippen LogP contribution in [-0.4, -0.2) is 64.4 Å². The number of aliphatic hydroxyl groups excluding tert-OH is 1. The van der Waals surface area contributed by atoms with Gasteiger partial charge in [-0.1, -0.05) is 48.5 Å². The number of fused-ring (bicyclic) bond motifs is 3. The average Bonchev–Trinajstić information content (AvgIpc) is 3.18. The summed E-state index contributed by atoms with van der Waals surface area (Å²) in [6.45, 7) is 2.16. The van der Waals surface area contributed by atoms with Crippen LogP contribution in [0.1, 0.15) is 56.1 Å². The molecular weight excluding hydrogens is 448 g/mol. The number of rotatable bonds is 8. The largest absolute Gasteiger partial charge is 0.481 e. The second-order valence-corrected chi connectivity index (χ2v) is 9.56. The topological polar surface area (TPSA) is 116 Å². The number of ether oxygens (including phenoxy) is 1. The van der Waals surface area contributed by atoms with Crippen LogP contribution in [0.15, 0.2) is 48.5 Å². The number of carbonyl (C=O) groups excluding carboxylic acids is 2. The highest BCUT2D eigenvalue weighted by atomic mass is 16.5. The van der Waals surface area contributed by atoms with Crippen LogP contribution in [0.5, 0.6) is 0 Å². The molecule has 1 heterocycles. The van der Waals surface area contributed by atoms with Gasteiger partial charge >= 0.3 is 12.1 Å². The summed E-state index contributed by atoms with van der Waals surface area (Å²) in [6.07, 6.45) is 1.22. The molecule has 2 aromatic rings. The van der Waals surface area contributed by atoms with E-state index in [0.29, 0.717) is 13.0 Å². The molecule has 1 aliphatic carbocycles. The van der Waals surface area contributed by atoms with E-state index in [9.17, 15) is 19.5 Å². The number of aliphatic carboxylic acids is 1. The van der Waals surface area contributed by atoms with Crippen molar-refractivity contribution < 1.29 is 29.3 Å². The first-order chi connectivity index (χ1) is 16.8. The zero-order valence-corrected chi connectivity index (χ0v) is 19.9. The number of hydrogen-bond donors (Lipinski definition) is 3. The first-order valence-corrected chi connectivity index (χ1v) is 12.1. The molecule has 0 saturated carbocycles. The van der Waals surface area contributed by atoms with Crippen LogP contribution in [0.2, 0.25) is 0 Å². The molecule has 0 radical (unpaired) electrons. The molecular formula is C27H32N2O6. The Bertz CT molecular complexity index is 1060. The minimum absolute atomic E-state index is 0.0592. The molecule has 2 aliphatic rings. The highest BCUT2D eigenvalue weighted by Gasteiger charge is 2.40. The maximum atomic E-state index is 13.4. The molecule has 0 aromatic heterocycles. The minimum atomic E-state index is -1.05. The van der Waals surface area contributed by atoms with E-state index in [1.807, 2.05) is 55.5 Å². The number of piperidine rings is 1. The van der Waals surface area contributed by atoms with Crippen molar-refractivity contribution in [3.05, 3.63) is 59.7 Å². The summed E-state index contributed by atoms with van der Waals surface area (Å²) in [6, 6.07) is 14.9. The van der Waals surface area contributed by atoms with E-state index in [-0.39, 0.29) is 32.0 Å². The average molecular weight is 481 g/mol. The van der Waals surface area contributed by atoms with Crippen molar-refractivity contribution in [3.63, 3.8) is 0 Å². The third-order valence-electron chi connectivity index (χ3n) is 7.19. The summed E-state index contributed by atoms with van der Waals surface area (Å²) in [5, 5.41) is 21.7. The van der Waals surface area contributed by atoms with Crippen molar-refractivity contribution >= 4 is 18.0 Å². The smallest absolute Gasteiger partial charge is 0.407 e. The van der Waals surface area contributed by atoms with Gasteiger partial charge in [0.15, 0.2) is 0 Å². The van der Waals surface area contributed by atoms with Gasteiger partial charge in [0.1, 0.15) is 12.6 Å². The predicted octanol–water partition coefficient (Wildman–Crippen LogP) is 3.52. The van der Waals surface area contributed by atoms with Crippen LogP contribution in [-0.2, 0) is 14.3 Å². The van der Waals surface area contributed by atoms with Crippen molar-refractivity contribution in [1.82, 2.24) is 10.2 Å². The predicted molar refractivity (Wildman–Crippen MR) is 130 cm³/mol. The number of carboxylic acid groups (broad SMARTS) is 1. The molecule has 2 aromatic carbocycles. The monoisotopic (exact) mass is 480 g/mol. The zero-order valence-electron chi connectivity index (χ0n) is 19.9. The van der Waals surface area contributed by atoms with Gasteiger partial charge in [-0.15, -0.1) is 0 Å². The molecule has 8 nitrogen and oxygen atoms in total. The van der Waals surface area contributed by atoms with Crippen LogP contribution in [0.25, 0.3) is 11.1 Å². The van der Waals surface area contributed by atoms with Gasteiger partial charge in [0.25, 0.3) is 0 Å². The second-order valence-electron chi connectivity index (χ2n) is 9.56.